The number of nitrogens with zero attached hydrogens (tertiary/aromatic N) is 4. The van der Waals surface area contributed by atoms with Crippen molar-refractivity contribution in [3.05, 3.63) is 28.7 Å². The normalized spacial score (nSPS) is 15.6. The summed E-state index contributed by atoms with van der Waals surface area (Å²) in [4.78, 5) is 26.2. The maximum atomic E-state index is 13.1. The van der Waals surface area contributed by atoms with Crippen molar-refractivity contribution < 1.29 is 17.9 Å². The Morgan fingerprint density at radius 2 is 1.78 bits per heavy atom. The molecule has 0 saturated carbocycles. The van der Waals surface area contributed by atoms with Crippen molar-refractivity contribution in [1.29, 1.82) is 0 Å². The Kier molecular flexibility index (Phi) is 5.41. The molecule has 0 atom stereocenters. The van der Waals surface area contributed by atoms with Crippen molar-refractivity contribution in [2.75, 3.05) is 39.4 Å². The zero-order valence-corrected chi connectivity index (χ0v) is 16.5. The first-order chi connectivity index (χ1) is 12.8. The zero-order chi connectivity index (χ0) is 19.8. The predicted molar refractivity (Wildman–Crippen MR) is 100.0 cm³/mol. The van der Waals surface area contributed by atoms with E-state index in [9.17, 15) is 18.0 Å². The van der Waals surface area contributed by atoms with Gasteiger partial charge >= 0.3 is 5.69 Å². The average molecular weight is 396 g/mol. The van der Waals surface area contributed by atoms with Crippen molar-refractivity contribution in [2.24, 2.45) is 14.1 Å². The van der Waals surface area contributed by atoms with E-state index < -0.39 is 10.0 Å². The van der Waals surface area contributed by atoms with E-state index in [1.165, 1.54) is 21.3 Å². The van der Waals surface area contributed by atoms with Gasteiger partial charge in [-0.15, -0.1) is 0 Å². The molecule has 9 nitrogen and oxygen atoms in total. The first kappa shape index (κ1) is 19.6. The Hall–Kier alpha value is -2.17. The van der Waals surface area contributed by atoms with E-state index in [1.807, 2.05) is 0 Å². The second-order valence-corrected chi connectivity index (χ2v) is 8.41. The number of morpholine rings is 1. The molecule has 27 heavy (non-hydrogen) atoms. The van der Waals surface area contributed by atoms with E-state index in [0.29, 0.717) is 37.3 Å². The second kappa shape index (κ2) is 7.45. The van der Waals surface area contributed by atoms with E-state index in [1.54, 1.807) is 32.0 Å². The smallest absolute Gasteiger partial charge is 0.328 e. The summed E-state index contributed by atoms with van der Waals surface area (Å²) in [6.07, 6.45) is 0. The van der Waals surface area contributed by atoms with Gasteiger partial charge in [0, 0.05) is 33.7 Å². The summed E-state index contributed by atoms with van der Waals surface area (Å²) in [6, 6.07) is 4.56. The lowest BCUT2D eigenvalue weighted by molar-refractivity contribution is -0.135. The minimum absolute atomic E-state index is 0.0628. The van der Waals surface area contributed by atoms with Crippen LogP contribution in [0.3, 0.4) is 0 Å². The maximum Gasteiger partial charge on any atom is 0.328 e. The van der Waals surface area contributed by atoms with Gasteiger partial charge in [0.25, 0.3) is 0 Å². The fourth-order valence-electron chi connectivity index (χ4n) is 3.23. The molecule has 1 aromatic carbocycles. The third-order valence-electron chi connectivity index (χ3n) is 4.91. The summed E-state index contributed by atoms with van der Waals surface area (Å²) >= 11 is 0. The first-order valence-electron chi connectivity index (χ1n) is 8.78. The molecule has 0 spiro atoms. The molecule has 1 amide bonds. The van der Waals surface area contributed by atoms with Gasteiger partial charge in [-0.05, 0) is 18.2 Å². The summed E-state index contributed by atoms with van der Waals surface area (Å²) in [6.45, 7) is 3.51. The topological polar surface area (TPSA) is 93.8 Å². The number of carbonyl (C=O) groups is 1. The van der Waals surface area contributed by atoms with Crippen molar-refractivity contribution in [2.45, 2.75) is 11.8 Å². The number of rotatable bonds is 5. The molecule has 0 radical (unpaired) electrons. The van der Waals surface area contributed by atoms with Crippen LogP contribution in [0, 0.1) is 0 Å². The molecule has 1 aliphatic heterocycles. The van der Waals surface area contributed by atoms with Gasteiger partial charge in [-0.1, -0.05) is 6.92 Å². The molecule has 1 saturated heterocycles. The summed E-state index contributed by atoms with van der Waals surface area (Å²) in [5, 5.41) is 0. The van der Waals surface area contributed by atoms with Crippen LogP contribution in [-0.2, 0) is 33.7 Å². The number of likely N-dealkylation sites (N-methyl/N-ethyl adjacent to an activating group) is 1. The van der Waals surface area contributed by atoms with Crippen LogP contribution in [0.15, 0.2) is 27.9 Å². The minimum Gasteiger partial charge on any atom is -0.378 e. The molecule has 2 aromatic rings. The molecule has 0 unspecified atom stereocenters. The van der Waals surface area contributed by atoms with Gasteiger partial charge in [0.15, 0.2) is 0 Å². The van der Waals surface area contributed by atoms with E-state index in [0.717, 1.165) is 4.31 Å². The van der Waals surface area contributed by atoms with Crippen molar-refractivity contribution >= 4 is 27.0 Å². The average Bonchev–Trinajstić information content (AvgIpc) is 2.90. The molecule has 148 valence electrons. The third kappa shape index (κ3) is 3.52. The van der Waals surface area contributed by atoms with E-state index >= 15 is 0 Å². The van der Waals surface area contributed by atoms with Crippen molar-refractivity contribution in [3.63, 3.8) is 0 Å². The fourth-order valence-corrected chi connectivity index (χ4v) is 4.65. The van der Waals surface area contributed by atoms with Gasteiger partial charge in [-0.2, -0.15) is 4.31 Å². The molecular weight excluding hydrogens is 372 g/mol. The van der Waals surface area contributed by atoms with Crippen LogP contribution >= 0.6 is 0 Å². The first-order valence-corrected chi connectivity index (χ1v) is 10.2. The molecule has 1 fully saturated rings. The van der Waals surface area contributed by atoms with Crippen LogP contribution in [-0.4, -0.2) is 72.1 Å². The lowest BCUT2D eigenvalue weighted by atomic mass is 10.3. The van der Waals surface area contributed by atoms with Gasteiger partial charge < -0.3 is 9.64 Å². The molecule has 1 aliphatic rings. The SMILES string of the molecule is CCN(CC(=O)N1CCOCC1)S(=O)(=O)c1ccc2c(c1)n(C)c(=O)n2C. The highest BCUT2D eigenvalue weighted by atomic mass is 32.2. The lowest BCUT2D eigenvalue weighted by Gasteiger charge is -2.29. The lowest BCUT2D eigenvalue weighted by Crippen LogP contribution is -2.47. The molecular formula is C17H24N4O5S. The molecule has 3 rings (SSSR count). The number of hydrogen-bond acceptors (Lipinski definition) is 5. The van der Waals surface area contributed by atoms with E-state index in [2.05, 4.69) is 0 Å². The van der Waals surface area contributed by atoms with E-state index in [4.69, 9.17) is 4.74 Å². The Balaban J connectivity index is 1.91. The van der Waals surface area contributed by atoms with Gasteiger partial charge in [-0.25, -0.2) is 13.2 Å². The number of aryl methyl sites for hydroxylation is 2. The van der Waals surface area contributed by atoms with Crippen molar-refractivity contribution in [3.8, 4) is 0 Å². The standard InChI is InChI=1S/C17H24N4O5S/c1-4-21(12-16(22)20-7-9-26-10-8-20)27(24,25)13-5-6-14-15(11-13)19(3)17(23)18(14)2/h5-6,11H,4,7-10,12H2,1-3H3. The number of aromatic nitrogens is 2. The predicted octanol–water partition coefficient (Wildman–Crippen LogP) is -0.254. The van der Waals surface area contributed by atoms with Crippen molar-refractivity contribution in [1.82, 2.24) is 18.3 Å². The van der Waals surface area contributed by atoms with Crippen LogP contribution in [0.25, 0.3) is 11.0 Å². The number of ether oxygens (including phenoxy) is 1. The van der Waals surface area contributed by atoms with Crippen LogP contribution < -0.4 is 5.69 Å². The third-order valence-corrected chi connectivity index (χ3v) is 6.83. The van der Waals surface area contributed by atoms with Crippen LogP contribution in [0.4, 0.5) is 0 Å². The second-order valence-electron chi connectivity index (χ2n) is 6.48. The number of sulfonamides is 1. The molecule has 10 heteroatoms. The van der Waals surface area contributed by atoms with Crippen LogP contribution in [0.2, 0.25) is 0 Å². The largest absolute Gasteiger partial charge is 0.378 e. The highest BCUT2D eigenvalue weighted by molar-refractivity contribution is 7.89. The quantitative estimate of drug-likeness (QED) is 0.695. The maximum absolute atomic E-state index is 13.1. The van der Waals surface area contributed by atoms with Crippen LogP contribution in [0.1, 0.15) is 6.92 Å². The van der Waals surface area contributed by atoms with Gasteiger partial charge in [0.05, 0.1) is 35.7 Å². The van der Waals surface area contributed by atoms with Gasteiger partial charge in [0.1, 0.15) is 0 Å². The Morgan fingerprint density at radius 1 is 1.15 bits per heavy atom. The molecule has 0 aliphatic carbocycles. The van der Waals surface area contributed by atoms with Gasteiger partial charge in [-0.3, -0.25) is 13.9 Å². The number of imidazole rings is 1. The Labute approximate surface area is 157 Å². The summed E-state index contributed by atoms with van der Waals surface area (Å²) in [7, 11) is -0.632. The zero-order valence-electron chi connectivity index (χ0n) is 15.7. The Bertz CT molecular complexity index is 1020. The molecule has 1 aromatic heterocycles. The number of amides is 1. The minimum atomic E-state index is -3.87. The highest BCUT2D eigenvalue weighted by Crippen LogP contribution is 2.21. The molecule has 0 N–H and O–H groups in total. The summed E-state index contributed by atoms with van der Waals surface area (Å²) in [5.74, 6) is -0.239. The molecule has 0 bridgehead atoms. The number of fused-ring (bicyclic) bond motifs is 1. The Morgan fingerprint density at radius 3 is 2.41 bits per heavy atom. The van der Waals surface area contributed by atoms with Gasteiger partial charge in [0.2, 0.25) is 15.9 Å². The summed E-state index contributed by atoms with van der Waals surface area (Å²) in [5.41, 5.74) is 0.947. The van der Waals surface area contributed by atoms with E-state index in [-0.39, 0.29) is 29.6 Å². The molecule has 2 heterocycles. The number of hydrogen-bond donors (Lipinski definition) is 0. The fraction of sp³-hybridized carbons (Fsp3) is 0.529. The highest BCUT2D eigenvalue weighted by Gasteiger charge is 2.28. The summed E-state index contributed by atoms with van der Waals surface area (Å²) < 4.78 is 35.4. The monoisotopic (exact) mass is 396 g/mol. The van der Waals surface area contributed by atoms with Crippen LogP contribution in [0.5, 0.6) is 0 Å². The number of carbonyl (C=O) groups excluding carboxylic acids is 1. The number of benzene rings is 1.